The number of anilines is 2. The van der Waals surface area contributed by atoms with Crippen molar-refractivity contribution in [2.75, 3.05) is 24.0 Å². The molecule has 0 amide bonds. The van der Waals surface area contributed by atoms with E-state index in [1.807, 2.05) is 13.1 Å². The molecular weight excluding hydrogens is 466 g/mol. The quantitative estimate of drug-likeness (QED) is 0.360. The van der Waals surface area contributed by atoms with E-state index in [2.05, 4.69) is 15.3 Å². The first-order chi connectivity index (χ1) is 16.4. The average molecular weight is 491 g/mol. The molecule has 2 unspecified atom stereocenters. The van der Waals surface area contributed by atoms with Gasteiger partial charge in [-0.1, -0.05) is 12.1 Å². The zero-order valence-corrected chi connectivity index (χ0v) is 19.2. The smallest absolute Gasteiger partial charge is 0.170 e. The molecular formula is C24H25ClF2N4O3. The fourth-order valence-corrected chi connectivity index (χ4v) is 3.84. The second kappa shape index (κ2) is 11.8. The van der Waals surface area contributed by atoms with Crippen LogP contribution < -0.4 is 11.1 Å². The first kappa shape index (κ1) is 25.5. The van der Waals surface area contributed by atoms with Crippen LogP contribution in [-0.4, -0.2) is 46.5 Å². The van der Waals surface area contributed by atoms with Crippen molar-refractivity contribution in [1.82, 2.24) is 9.97 Å². The summed E-state index contributed by atoms with van der Waals surface area (Å²) < 4.78 is 32.9. The standard InChI is InChI=1S/C12H17ClN2O2.C12H8F2N2O/c1-14-11-7-15-3-2-10(11)12-5-8(16)4-9(6-13)17-12;13-8-4-2-1-3-7(8)12-9(14)5-10(15)11(6-17)16-12/h2-3,7-9,12,14,16H,4-6H2,1H3;1-6H,15H2/t8?,9-,12?;/m0./s1. The molecule has 180 valence electrons. The summed E-state index contributed by atoms with van der Waals surface area (Å²) in [5, 5.41) is 12.9. The topological polar surface area (TPSA) is 110 Å². The molecule has 0 spiro atoms. The Morgan fingerprint density at radius 2 is 2.03 bits per heavy atom. The maximum Gasteiger partial charge on any atom is 0.170 e. The highest BCUT2D eigenvalue weighted by Crippen LogP contribution is 2.35. The van der Waals surface area contributed by atoms with Crippen LogP contribution in [0.5, 0.6) is 0 Å². The summed E-state index contributed by atoms with van der Waals surface area (Å²) in [5.74, 6) is -0.966. The largest absolute Gasteiger partial charge is 0.397 e. The lowest BCUT2D eigenvalue weighted by molar-refractivity contribution is -0.0878. The molecule has 0 bridgehead atoms. The fraction of sp³-hybridized carbons (Fsp3) is 0.292. The Morgan fingerprint density at radius 3 is 2.71 bits per heavy atom. The van der Waals surface area contributed by atoms with E-state index in [4.69, 9.17) is 22.1 Å². The second-order valence-electron chi connectivity index (χ2n) is 7.63. The first-order valence-electron chi connectivity index (χ1n) is 10.5. The fourth-order valence-electron chi connectivity index (χ4n) is 3.64. The number of alkyl halides is 1. The molecule has 10 heteroatoms. The van der Waals surface area contributed by atoms with Gasteiger partial charge in [0.2, 0.25) is 0 Å². The molecule has 0 radical (unpaired) electrons. The molecule has 3 atom stereocenters. The van der Waals surface area contributed by atoms with Crippen LogP contribution in [0, 0.1) is 11.6 Å². The van der Waals surface area contributed by atoms with Crippen molar-refractivity contribution in [3.05, 3.63) is 71.7 Å². The number of pyridine rings is 2. The Balaban J connectivity index is 0.000000191. The summed E-state index contributed by atoms with van der Waals surface area (Å²) in [6.07, 6.45) is 4.56. The van der Waals surface area contributed by atoms with E-state index in [1.165, 1.54) is 18.2 Å². The summed E-state index contributed by atoms with van der Waals surface area (Å²) in [6.45, 7) is 0. The number of nitrogens with one attached hydrogen (secondary N) is 1. The molecule has 2 aromatic heterocycles. The Morgan fingerprint density at radius 1 is 1.26 bits per heavy atom. The predicted molar refractivity (Wildman–Crippen MR) is 127 cm³/mol. The van der Waals surface area contributed by atoms with Gasteiger partial charge in [0.25, 0.3) is 0 Å². The highest BCUT2D eigenvalue weighted by Gasteiger charge is 2.30. The van der Waals surface area contributed by atoms with Crippen LogP contribution in [0.15, 0.2) is 48.8 Å². The Kier molecular flexibility index (Phi) is 8.86. The maximum absolute atomic E-state index is 13.6. The number of carbonyl (C=O) groups excluding carboxylic acids is 1. The van der Waals surface area contributed by atoms with Crippen molar-refractivity contribution in [1.29, 1.82) is 0 Å². The van der Waals surface area contributed by atoms with E-state index in [0.717, 1.165) is 17.3 Å². The highest BCUT2D eigenvalue weighted by molar-refractivity contribution is 6.18. The molecule has 7 nitrogen and oxygen atoms in total. The van der Waals surface area contributed by atoms with Gasteiger partial charge in [-0.3, -0.25) is 9.78 Å². The van der Waals surface area contributed by atoms with Gasteiger partial charge >= 0.3 is 0 Å². The van der Waals surface area contributed by atoms with Gasteiger partial charge in [0, 0.05) is 49.2 Å². The lowest BCUT2D eigenvalue weighted by Crippen LogP contribution is -2.32. The molecule has 1 aliphatic rings. The normalized spacial score (nSPS) is 19.6. The van der Waals surface area contributed by atoms with Gasteiger partial charge in [-0.05, 0) is 18.2 Å². The molecule has 4 N–H and O–H groups in total. The van der Waals surface area contributed by atoms with Crippen molar-refractivity contribution in [3.8, 4) is 11.3 Å². The van der Waals surface area contributed by atoms with Gasteiger partial charge in [-0.15, -0.1) is 11.6 Å². The van der Waals surface area contributed by atoms with Crippen molar-refractivity contribution in [2.24, 2.45) is 0 Å². The van der Waals surface area contributed by atoms with Gasteiger partial charge in [0.1, 0.15) is 17.2 Å². The number of rotatable bonds is 5. The van der Waals surface area contributed by atoms with E-state index in [-0.39, 0.29) is 41.0 Å². The van der Waals surface area contributed by atoms with Crippen molar-refractivity contribution < 1.29 is 23.4 Å². The summed E-state index contributed by atoms with van der Waals surface area (Å²) >= 11 is 5.81. The summed E-state index contributed by atoms with van der Waals surface area (Å²) in [7, 11) is 1.85. The van der Waals surface area contributed by atoms with Crippen LogP contribution in [0.3, 0.4) is 0 Å². The first-order valence-corrected chi connectivity index (χ1v) is 11.1. The number of nitrogens with two attached hydrogens (primary N) is 1. The molecule has 1 aliphatic heterocycles. The van der Waals surface area contributed by atoms with Crippen LogP contribution in [0.25, 0.3) is 11.3 Å². The van der Waals surface area contributed by atoms with Crippen LogP contribution in [0.2, 0.25) is 0 Å². The van der Waals surface area contributed by atoms with E-state index >= 15 is 0 Å². The Hall–Kier alpha value is -3.14. The minimum Gasteiger partial charge on any atom is -0.397 e. The number of carbonyl (C=O) groups is 1. The van der Waals surface area contributed by atoms with Crippen LogP contribution in [0.1, 0.15) is 35.0 Å². The van der Waals surface area contributed by atoms with E-state index in [9.17, 15) is 18.7 Å². The van der Waals surface area contributed by atoms with Crippen molar-refractivity contribution in [2.45, 2.75) is 31.2 Å². The van der Waals surface area contributed by atoms with Gasteiger partial charge in [-0.2, -0.15) is 0 Å². The Labute approximate surface area is 200 Å². The van der Waals surface area contributed by atoms with Crippen LogP contribution in [0.4, 0.5) is 20.2 Å². The number of aromatic nitrogens is 2. The number of aliphatic hydroxyl groups excluding tert-OH is 1. The number of aliphatic hydroxyl groups is 1. The molecule has 3 heterocycles. The predicted octanol–water partition coefficient (Wildman–Crippen LogP) is 4.36. The minimum atomic E-state index is -0.766. The van der Waals surface area contributed by atoms with Gasteiger partial charge in [0.05, 0.1) is 35.9 Å². The zero-order valence-electron chi connectivity index (χ0n) is 18.4. The number of nitrogens with zero attached hydrogens (tertiary/aromatic N) is 2. The third-order valence-electron chi connectivity index (χ3n) is 5.30. The monoisotopic (exact) mass is 490 g/mol. The minimum absolute atomic E-state index is 0.00639. The summed E-state index contributed by atoms with van der Waals surface area (Å²) in [6, 6.07) is 8.47. The summed E-state index contributed by atoms with van der Waals surface area (Å²) in [4.78, 5) is 18.4. The zero-order chi connectivity index (χ0) is 24.7. The number of aldehydes is 1. The van der Waals surface area contributed by atoms with Gasteiger partial charge in [-0.25, -0.2) is 13.8 Å². The van der Waals surface area contributed by atoms with Gasteiger partial charge < -0.3 is 20.9 Å². The van der Waals surface area contributed by atoms with Crippen LogP contribution in [-0.2, 0) is 4.74 Å². The van der Waals surface area contributed by atoms with Gasteiger partial charge in [0.15, 0.2) is 12.1 Å². The molecule has 34 heavy (non-hydrogen) atoms. The molecule has 1 fully saturated rings. The number of halogens is 3. The summed E-state index contributed by atoms with van der Waals surface area (Å²) in [5.41, 5.74) is 6.94. The number of benzene rings is 1. The molecule has 0 aliphatic carbocycles. The third-order valence-corrected chi connectivity index (χ3v) is 5.64. The van der Waals surface area contributed by atoms with Crippen molar-refractivity contribution in [3.63, 3.8) is 0 Å². The van der Waals surface area contributed by atoms with Crippen molar-refractivity contribution >= 4 is 29.3 Å². The van der Waals surface area contributed by atoms with Crippen LogP contribution >= 0.6 is 11.6 Å². The van der Waals surface area contributed by atoms with E-state index < -0.39 is 11.6 Å². The van der Waals surface area contributed by atoms with E-state index in [1.54, 1.807) is 18.5 Å². The highest BCUT2D eigenvalue weighted by atomic mass is 35.5. The SMILES string of the molecule is CNc1cnccc1C1CC(O)C[C@@H](CCl)O1.Nc1cc(F)c(-c2ccccc2F)nc1C=O. The number of hydrogen-bond acceptors (Lipinski definition) is 7. The molecule has 1 aromatic carbocycles. The number of hydrogen-bond donors (Lipinski definition) is 3. The lowest BCUT2D eigenvalue weighted by Gasteiger charge is -2.33. The molecule has 1 saturated heterocycles. The lowest BCUT2D eigenvalue weighted by atomic mass is 9.96. The number of ether oxygens (including phenoxy) is 1. The Bertz CT molecular complexity index is 1140. The average Bonchev–Trinajstić information content (AvgIpc) is 2.84. The second-order valence-corrected chi connectivity index (χ2v) is 7.94. The maximum atomic E-state index is 13.6. The molecule has 3 aromatic rings. The van der Waals surface area contributed by atoms with E-state index in [0.29, 0.717) is 25.0 Å². The third kappa shape index (κ3) is 6.05. The molecule has 4 rings (SSSR count). The number of nitrogen functional groups attached to an aromatic ring is 1. The molecule has 0 saturated carbocycles.